The molecule has 2 aliphatic rings. The molecule has 3 aromatic heterocycles. The Labute approximate surface area is 289 Å². The van der Waals surface area contributed by atoms with E-state index in [1.54, 1.807) is 25.1 Å². The molecule has 5 atom stereocenters. The molecule has 0 aliphatic carbocycles. The van der Waals surface area contributed by atoms with E-state index in [0.717, 1.165) is 42.1 Å². The summed E-state index contributed by atoms with van der Waals surface area (Å²) in [5.41, 5.74) is 3.13. The minimum absolute atomic E-state index is 0.0628. The molecule has 0 spiro atoms. The standard InChI is InChI=1S/C34H43N11O5/c1-6-45-40-31(39-41-45)29-27(46)28(47)33(50-29)44-19-36-26-30(37-34(38-32(26)44)43-16-15-22(18-43)42(2)3)35-17-25(20-7-11-23(48-4)12-8-20)21-9-13-24(49-5)14-10-21/h7-14,19,22,25,27-29,33,46-47H,6,15-18H2,1-5H3,(H,35,37,38)/t22-,27+,28-,29+,33-/m1/s1. The number of fused-ring (bicyclic) bond motifs is 1. The highest BCUT2D eigenvalue weighted by Gasteiger charge is 2.47. The lowest BCUT2D eigenvalue weighted by molar-refractivity contribution is -0.0384. The number of hydrogen-bond acceptors (Lipinski definition) is 14. The van der Waals surface area contributed by atoms with Gasteiger partial charge in [0, 0.05) is 31.6 Å². The average Bonchev–Trinajstić information content (AvgIpc) is 3.96. The molecule has 3 N–H and O–H groups in total. The van der Waals surface area contributed by atoms with E-state index in [0.29, 0.717) is 42.1 Å². The number of benzene rings is 2. The van der Waals surface area contributed by atoms with Crippen molar-refractivity contribution in [3.05, 3.63) is 71.8 Å². The van der Waals surface area contributed by atoms with E-state index in [2.05, 4.69) is 68.9 Å². The number of aliphatic hydroxyl groups excluding tert-OH is 2. The van der Waals surface area contributed by atoms with Crippen LogP contribution in [0.25, 0.3) is 11.2 Å². The number of methoxy groups -OCH3 is 2. The van der Waals surface area contributed by atoms with Gasteiger partial charge in [-0.05, 0) is 68.0 Å². The summed E-state index contributed by atoms with van der Waals surface area (Å²) in [4.78, 5) is 20.5. The number of tetrazole rings is 1. The molecule has 0 bridgehead atoms. The molecular formula is C34H43N11O5. The van der Waals surface area contributed by atoms with Crippen LogP contribution in [-0.4, -0.2) is 121 Å². The third-order valence-corrected chi connectivity index (χ3v) is 9.61. The first-order valence-electron chi connectivity index (χ1n) is 16.7. The molecule has 0 radical (unpaired) electrons. The second kappa shape index (κ2) is 14.1. The maximum atomic E-state index is 11.2. The van der Waals surface area contributed by atoms with Gasteiger partial charge in [-0.1, -0.05) is 24.3 Å². The first kappa shape index (κ1) is 33.6. The van der Waals surface area contributed by atoms with E-state index in [1.807, 2.05) is 31.2 Å². The smallest absolute Gasteiger partial charge is 0.229 e. The number of aliphatic hydroxyl groups is 2. The van der Waals surface area contributed by atoms with Gasteiger partial charge in [0.25, 0.3) is 0 Å². The second-order valence-corrected chi connectivity index (χ2v) is 12.8. The lowest BCUT2D eigenvalue weighted by Gasteiger charge is -2.23. The molecule has 2 fully saturated rings. The number of hydrogen-bond donors (Lipinski definition) is 3. The van der Waals surface area contributed by atoms with Gasteiger partial charge in [0.1, 0.15) is 23.7 Å². The van der Waals surface area contributed by atoms with Crippen LogP contribution >= 0.6 is 0 Å². The maximum absolute atomic E-state index is 11.2. The van der Waals surface area contributed by atoms with Crippen LogP contribution in [0.5, 0.6) is 11.5 Å². The monoisotopic (exact) mass is 685 g/mol. The minimum Gasteiger partial charge on any atom is -0.497 e. The van der Waals surface area contributed by atoms with Gasteiger partial charge < -0.3 is 39.5 Å². The van der Waals surface area contributed by atoms with Crippen LogP contribution in [0.4, 0.5) is 11.8 Å². The third-order valence-electron chi connectivity index (χ3n) is 9.61. The molecule has 16 heteroatoms. The van der Waals surface area contributed by atoms with Crippen molar-refractivity contribution in [3.8, 4) is 11.5 Å². The highest BCUT2D eigenvalue weighted by Crippen LogP contribution is 2.39. The number of aryl methyl sites for hydroxylation is 1. The van der Waals surface area contributed by atoms with Gasteiger partial charge in [0.15, 0.2) is 29.3 Å². The number of ether oxygens (including phenoxy) is 3. The van der Waals surface area contributed by atoms with Crippen LogP contribution < -0.4 is 19.7 Å². The van der Waals surface area contributed by atoms with Crippen molar-refractivity contribution in [2.45, 2.75) is 56.4 Å². The fourth-order valence-electron chi connectivity index (χ4n) is 6.61. The van der Waals surface area contributed by atoms with Gasteiger partial charge in [0.2, 0.25) is 11.8 Å². The summed E-state index contributed by atoms with van der Waals surface area (Å²) < 4.78 is 18.7. The van der Waals surface area contributed by atoms with Crippen LogP contribution in [0, 0.1) is 0 Å². The number of anilines is 2. The predicted molar refractivity (Wildman–Crippen MR) is 184 cm³/mol. The number of nitrogens with one attached hydrogen (secondary N) is 1. The summed E-state index contributed by atoms with van der Waals surface area (Å²) in [6, 6.07) is 16.4. The number of imidazole rings is 1. The van der Waals surface area contributed by atoms with Gasteiger partial charge in [-0.15, -0.1) is 10.2 Å². The Bertz CT molecular complexity index is 1850. The lowest BCUT2D eigenvalue weighted by Crippen LogP contribution is -2.32. The number of likely N-dealkylation sites (N-methyl/N-ethyl adjacent to an activating group) is 1. The molecule has 5 aromatic rings. The summed E-state index contributed by atoms with van der Waals surface area (Å²) >= 11 is 0. The van der Waals surface area contributed by atoms with E-state index in [-0.39, 0.29) is 11.7 Å². The van der Waals surface area contributed by atoms with Crippen LogP contribution in [0.2, 0.25) is 0 Å². The molecule has 2 aromatic carbocycles. The quantitative estimate of drug-likeness (QED) is 0.174. The fourth-order valence-corrected chi connectivity index (χ4v) is 6.61. The second-order valence-electron chi connectivity index (χ2n) is 12.8. The Hall–Kier alpha value is -4.90. The van der Waals surface area contributed by atoms with Crippen molar-refractivity contribution in [1.29, 1.82) is 0 Å². The van der Waals surface area contributed by atoms with Crippen LogP contribution in [0.15, 0.2) is 54.9 Å². The number of nitrogens with zero attached hydrogens (tertiary/aromatic N) is 10. The number of rotatable bonds is 12. The van der Waals surface area contributed by atoms with Crippen molar-refractivity contribution >= 4 is 22.9 Å². The first-order valence-corrected chi connectivity index (χ1v) is 16.7. The zero-order chi connectivity index (χ0) is 34.9. The summed E-state index contributed by atoms with van der Waals surface area (Å²) in [6.07, 6.45) is -2.06. The van der Waals surface area contributed by atoms with Crippen molar-refractivity contribution in [2.75, 3.05) is 58.2 Å². The summed E-state index contributed by atoms with van der Waals surface area (Å²) in [7, 11) is 7.46. The van der Waals surface area contributed by atoms with Crippen LogP contribution in [0.1, 0.15) is 48.5 Å². The molecule has 2 aliphatic heterocycles. The molecule has 0 amide bonds. The van der Waals surface area contributed by atoms with E-state index < -0.39 is 24.5 Å². The zero-order valence-electron chi connectivity index (χ0n) is 28.8. The van der Waals surface area contributed by atoms with E-state index in [1.165, 1.54) is 4.80 Å². The molecular weight excluding hydrogens is 642 g/mol. The third kappa shape index (κ3) is 6.42. The Kier molecular flexibility index (Phi) is 9.50. The fraction of sp³-hybridized carbons (Fsp3) is 0.471. The molecule has 264 valence electrons. The van der Waals surface area contributed by atoms with E-state index in [9.17, 15) is 10.2 Å². The molecule has 7 rings (SSSR count). The molecule has 5 heterocycles. The van der Waals surface area contributed by atoms with Crippen molar-refractivity contribution in [1.82, 2.24) is 44.6 Å². The Morgan fingerprint density at radius 1 is 0.980 bits per heavy atom. The largest absolute Gasteiger partial charge is 0.497 e. The Morgan fingerprint density at radius 2 is 1.66 bits per heavy atom. The Balaban J connectivity index is 1.25. The average molecular weight is 686 g/mol. The van der Waals surface area contributed by atoms with Gasteiger partial charge in [-0.25, -0.2) is 4.98 Å². The van der Waals surface area contributed by atoms with Crippen LogP contribution in [-0.2, 0) is 11.3 Å². The molecule has 50 heavy (non-hydrogen) atoms. The molecule has 2 saturated heterocycles. The van der Waals surface area contributed by atoms with Gasteiger partial charge in [-0.2, -0.15) is 14.8 Å². The normalized spacial score (nSPS) is 22.3. The molecule has 0 saturated carbocycles. The van der Waals surface area contributed by atoms with Gasteiger partial charge in [-0.3, -0.25) is 4.57 Å². The minimum atomic E-state index is -1.31. The van der Waals surface area contributed by atoms with Gasteiger partial charge in [0.05, 0.1) is 27.1 Å². The van der Waals surface area contributed by atoms with Gasteiger partial charge >= 0.3 is 0 Å². The predicted octanol–water partition coefficient (Wildman–Crippen LogP) is 2.23. The maximum Gasteiger partial charge on any atom is 0.229 e. The number of aromatic nitrogens is 8. The van der Waals surface area contributed by atoms with Crippen molar-refractivity contribution in [2.24, 2.45) is 0 Å². The Morgan fingerprint density at radius 3 is 2.24 bits per heavy atom. The highest BCUT2D eigenvalue weighted by molar-refractivity contribution is 5.84. The topological polar surface area (TPSA) is 174 Å². The molecule has 0 unspecified atom stereocenters. The lowest BCUT2D eigenvalue weighted by atomic mass is 9.91. The SMILES string of the molecule is CCn1nnc([C@H]2O[C@@H](n3cnc4c(NCC(c5ccc(OC)cc5)c5ccc(OC)cc5)nc(N5CC[C@@H](N(C)C)C5)nc43)[C@H](O)[C@@H]2O)n1. The summed E-state index contributed by atoms with van der Waals surface area (Å²) in [6.45, 7) is 4.41. The zero-order valence-corrected chi connectivity index (χ0v) is 28.8. The highest BCUT2D eigenvalue weighted by atomic mass is 16.6. The summed E-state index contributed by atoms with van der Waals surface area (Å²) in [5, 5.41) is 38.2. The molecule has 16 nitrogen and oxygen atoms in total. The summed E-state index contributed by atoms with van der Waals surface area (Å²) in [5.74, 6) is 2.76. The van der Waals surface area contributed by atoms with Crippen LogP contribution in [0.3, 0.4) is 0 Å². The first-order chi connectivity index (χ1) is 24.3. The van der Waals surface area contributed by atoms with Crippen molar-refractivity contribution in [3.63, 3.8) is 0 Å². The van der Waals surface area contributed by atoms with E-state index in [4.69, 9.17) is 29.2 Å². The van der Waals surface area contributed by atoms with E-state index >= 15 is 0 Å². The van der Waals surface area contributed by atoms with Crippen molar-refractivity contribution < 1.29 is 24.4 Å².